The van der Waals surface area contributed by atoms with Crippen LogP contribution in [0.15, 0.2) is 42.5 Å². The highest BCUT2D eigenvalue weighted by atomic mass is 16.5. The van der Waals surface area contributed by atoms with E-state index in [1.54, 1.807) is 0 Å². The van der Waals surface area contributed by atoms with Crippen molar-refractivity contribution in [2.75, 3.05) is 13.2 Å². The molecule has 2 aromatic rings. The Balaban J connectivity index is 2.08. The fourth-order valence-corrected chi connectivity index (χ4v) is 2.60. The summed E-state index contributed by atoms with van der Waals surface area (Å²) in [4.78, 5) is 23.2. The molecule has 0 heterocycles. The predicted molar refractivity (Wildman–Crippen MR) is 92.8 cm³/mol. The summed E-state index contributed by atoms with van der Waals surface area (Å²) >= 11 is 0. The SMILES string of the molecule is CCOCCCC(=O)N[C@@H](CC(=O)O)c1ccc2ccccc2c1. The molecule has 24 heavy (non-hydrogen) atoms. The number of rotatable bonds is 9. The summed E-state index contributed by atoms with van der Waals surface area (Å²) in [6.07, 6.45) is 0.802. The standard InChI is InChI=1S/C19H23NO4/c1-2-24-11-5-8-18(21)20-17(13-19(22)23)16-10-9-14-6-3-4-7-15(14)12-16/h3-4,6-7,9-10,12,17H,2,5,8,11,13H2,1H3,(H,20,21)(H,22,23)/t17-/m0/s1. The monoisotopic (exact) mass is 329 g/mol. The van der Waals surface area contributed by atoms with Crippen LogP contribution >= 0.6 is 0 Å². The van der Waals surface area contributed by atoms with Crippen LogP contribution in [0.2, 0.25) is 0 Å². The molecule has 2 N–H and O–H groups in total. The zero-order chi connectivity index (χ0) is 17.4. The van der Waals surface area contributed by atoms with Crippen LogP contribution in [0.1, 0.15) is 37.8 Å². The van der Waals surface area contributed by atoms with E-state index in [0.717, 1.165) is 16.3 Å². The molecule has 128 valence electrons. The summed E-state index contributed by atoms with van der Waals surface area (Å²) in [6.45, 7) is 3.06. The van der Waals surface area contributed by atoms with Gasteiger partial charge in [0.1, 0.15) is 0 Å². The Morgan fingerprint density at radius 3 is 2.62 bits per heavy atom. The molecule has 0 spiro atoms. The van der Waals surface area contributed by atoms with E-state index in [4.69, 9.17) is 9.84 Å². The first-order chi connectivity index (χ1) is 11.6. The molecule has 0 aliphatic rings. The Labute approximate surface area is 141 Å². The van der Waals surface area contributed by atoms with Gasteiger partial charge in [0.15, 0.2) is 0 Å². The number of aliphatic carboxylic acids is 1. The molecule has 0 saturated carbocycles. The lowest BCUT2D eigenvalue weighted by Crippen LogP contribution is -2.30. The molecule has 0 aliphatic carbocycles. The number of ether oxygens (including phenoxy) is 1. The number of amides is 1. The van der Waals surface area contributed by atoms with Crippen molar-refractivity contribution in [2.24, 2.45) is 0 Å². The molecule has 1 atom stereocenters. The van der Waals surface area contributed by atoms with Crippen LogP contribution in [0.5, 0.6) is 0 Å². The van der Waals surface area contributed by atoms with Gasteiger partial charge in [-0.2, -0.15) is 0 Å². The lowest BCUT2D eigenvalue weighted by molar-refractivity contribution is -0.137. The van der Waals surface area contributed by atoms with Crippen molar-refractivity contribution in [2.45, 2.75) is 32.2 Å². The molecule has 2 rings (SSSR count). The second-order valence-corrected chi connectivity index (χ2v) is 5.63. The third kappa shape index (κ3) is 5.35. The molecule has 0 aliphatic heterocycles. The quantitative estimate of drug-likeness (QED) is 0.692. The van der Waals surface area contributed by atoms with Crippen LogP contribution in [0, 0.1) is 0 Å². The van der Waals surface area contributed by atoms with E-state index >= 15 is 0 Å². The van der Waals surface area contributed by atoms with Gasteiger partial charge in [-0.3, -0.25) is 9.59 Å². The Hall–Kier alpha value is -2.40. The Morgan fingerprint density at radius 1 is 1.17 bits per heavy atom. The second kappa shape index (κ2) is 9.03. The summed E-state index contributed by atoms with van der Waals surface area (Å²) in [5.41, 5.74) is 0.800. The van der Waals surface area contributed by atoms with Crippen LogP contribution in [0.3, 0.4) is 0 Å². The summed E-state index contributed by atoms with van der Waals surface area (Å²) in [5, 5.41) is 14.1. The minimum Gasteiger partial charge on any atom is -0.481 e. The van der Waals surface area contributed by atoms with E-state index in [0.29, 0.717) is 26.1 Å². The third-order valence-electron chi connectivity index (χ3n) is 3.79. The van der Waals surface area contributed by atoms with Gasteiger partial charge in [0.05, 0.1) is 12.5 Å². The average Bonchev–Trinajstić information content (AvgIpc) is 2.57. The molecular formula is C19H23NO4. The normalized spacial score (nSPS) is 12.0. The fourth-order valence-electron chi connectivity index (χ4n) is 2.60. The molecule has 0 unspecified atom stereocenters. The first-order valence-corrected chi connectivity index (χ1v) is 8.17. The van der Waals surface area contributed by atoms with Crippen LogP contribution in [0.4, 0.5) is 0 Å². The van der Waals surface area contributed by atoms with E-state index in [1.807, 2.05) is 49.4 Å². The highest BCUT2D eigenvalue weighted by molar-refractivity contribution is 5.84. The van der Waals surface area contributed by atoms with Gasteiger partial charge >= 0.3 is 5.97 Å². The zero-order valence-electron chi connectivity index (χ0n) is 13.8. The number of fused-ring (bicyclic) bond motifs is 1. The molecule has 0 bridgehead atoms. The van der Waals surface area contributed by atoms with Crippen LogP contribution in [0.25, 0.3) is 10.8 Å². The summed E-state index contributed by atoms with van der Waals surface area (Å²) in [6, 6.07) is 13.1. The maximum atomic E-state index is 12.1. The fraction of sp³-hybridized carbons (Fsp3) is 0.368. The highest BCUT2D eigenvalue weighted by Gasteiger charge is 2.18. The largest absolute Gasteiger partial charge is 0.481 e. The molecule has 0 radical (unpaired) electrons. The van der Waals surface area contributed by atoms with Crippen LogP contribution in [-0.4, -0.2) is 30.2 Å². The van der Waals surface area contributed by atoms with Crippen molar-refractivity contribution < 1.29 is 19.4 Å². The zero-order valence-corrected chi connectivity index (χ0v) is 13.8. The minimum atomic E-state index is -0.942. The number of hydrogen-bond acceptors (Lipinski definition) is 3. The molecule has 5 nitrogen and oxygen atoms in total. The lowest BCUT2D eigenvalue weighted by Gasteiger charge is -2.18. The number of carboxylic acid groups (broad SMARTS) is 1. The van der Waals surface area contributed by atoms with Crippen molar-refractivity contribution >= 4 is 22.6 Å². The number of carboxylic acids is 1. The van der Waals surface area contributed by atoms with Crippen molar-refractivity contribution in [3.63, 3.8) is 0 Å². The predicted octanol–water partition coefficient (Wildman–Crippen LogP) is 3.29. The van der Waals surface area contributed by atoms with Gasteiger partial charge in [-0.25, -0.2) is 0 Å². The van der Waals surface area contributed by atoms with E-state index in [9.17, 15) is 9.59 Å². The minimum absolute atomic E-state index is 0.143. The van der Waals surface area contributed by atoms with Gasteiger partial charge in [0, 0.05) is 19.6 Å². The second-order valence-electron chi connectivity index (χ2n) is 5.63. The lowest BCUT2D eigenvalue weighted by atomic mass is 9.99. The summed E-state index contributed by atoms with van der Waals surface area (Å²) in [5.74, 6) is -1.10. The first kappa shape index (κ1) is 17.9. The topological polar surface area (TPSA) is 75.6 Å². The highest BCUT2D eigenvalue weighted by Crippen LogP contribution is 2.23. The van der Waals surface area contributed by atoms with Crippen LogP contribution < -0.4 is 5.32 Å². The van der Waals surface area contributed by atoms with Crippen LogP contribution in [-0.2, 0) is 14.3 Å². The van der Waals surface area contributed by atoms with Gasteiger partial charge in [-0.15, -0.1) is 0 Å². The summed E-state index contributed by atoms with van der Waals surface area (Å²) in [7, 11) is 0. The summed E-state index contributed by atoms with van der Waals surface area (Å²) < 4.78 is 5.21. The van der Waals surface area contributed by atoms with Gasteiger partial charge < -0.3 is 15.2 Å². The van der Waals surface area contributed by atoms with E-state index in [2.05, 4.69) is 5.32 Å². The number of benzene rings is 2. The van der Waals surface area contributed by atoms with Gasteiger partial charge in [-0.05, 0) is 35.7 Å². The van der Waals surface area contributed by atoms with Gasteiger partial charge in [0.2, 0.25) is 5.91 Å². The molecule has 1 amide bonds. The number of carbonyl (C=O) groups excluding carboxylic acids is 1. The first-order valence-electron chi connectivity index (χ1n) is 8.17. The molecule has 5 heteroatoms. The smallest absolute Gasteiger partial charge is 0.305 e. The van der Waals surface area contributed by atoms with Crippen molar-refractivity contribution in [3.8, 4) is 0 Å². The molecule has 0 saturated heterocycles. The third-order valence-corrected chi connectivity index (χ3v) is 3.79. The number of nitrogens with one attached hydrogen (secondary N) is 1. The Morgan fingerprint density at radius 2 is 1.92 bits per heavy atom. The average molecular weight is 329 g/mol. The number of carbonyl (C=O) groups is 2. The molecular weight excluding hydrogens is 306 g/mol. The molecule has 0 fully saturated rings. The van der Waals surface area contributed by atoms with Crippen molar-refractivity contribution in [1.82, 2.24) is 5.32 Å². The van der Waals surface area contributed by atoms with Crippen molar-refractivity contribution in [1.29, 1.82) is 0 Å². The van der Waals surface area contributed by atoms with E-state index in [-0.39, 0.29) is 12.3 Å². The maximum Gasteiger partial charge on any atom is 0.305 e. The van der Waals surface area contributed by atoms with E-state index in [1.165, 1.54) is 0 Å². The Kier molecular flexibility index (Phi) is 6.75. The maximum absolute atomic E-state index is 12.1. The molecule has 2 aromatic carbocycles. The van der Waals surface area contributed by atoms with Gasteiger partial charge in [0.25, 0.3) is 0 Å². The Bertz CT molecular complexity index is 699. The molecule has 0 aromatic heterocycles. The van der Waals surface area contributed by atoms with Gasteiger partial charge in [-0.1, -0.05) is 36.4 Å². The number of hydrogen-bond donors (Lipinski definition) is 2. The van der Waals surface area contributed by atoms with Crippen molar-refractivity contribution in [3.05, 3.63) is 48.0 Å². The van der Waals surface area contributed by atoms with E-state index < -0.39 is 12.0 Å².